The van der Waals surface area contributed by atoms with Crippen LogP contribution in [0.1, 0.15) is 5.56 Å². The van der Waals surface area contributed by atoms with Crippen LogP contribution in [0.4, 0.5) is 5.69 Å². The van der Waals surface area contributed by atoms with Crippen LogP contribution in [0.15, 0.2) is 51.8 Å². The summed E-state index contributed by atoms with van der Waals surface area (Å²) < 4.78 is 6.20. The lowest BCUT2D eigenvalue weighted by atomic mass is 10.2. The highest BCUT2D eigenvalue weighted by molar-refractivity contribution is 9.10. The van der Waals surface area contributed by atoms with Crippen molar-refractivity contribution < 1.29 is 9.66 Å². The fourth-order valence-corrected chi connectivity index (χ4v) is 2.62. The van der Waals surface area contributed by atoms with Crippen LogP contribution in [0.25, 0.3) is 0 Å². The highest BCUT2D eigenvalue weighted by Gasteiger charge is 2.12. The number of hydrogen-bond donors (Lipinski definition) is 0. The SMILES string of the molecule is CSc1ccccc1OCc1ccc(Br)c([N+](=O)[O-])c1. The molecule has 0 aliphatic carbocycles. The Hall–Kier alpha value is -1.53. The Bertz CT molecular complexity index is 634. The van der Waals surface area contributed by atoms with Crippen LogP contribution in [0.3, 0.4) is 0 Å². The van der Waals surface area contributed by atoms with E-state index < -0.39 is 4.92 Å². The summed E-state index contributed by atoms with van der Waals surface area (Å²) in [4.78, 5) is 11.5. The van der Waals surface area contributed by atoms with E-state index in [1.165, 1.54) is 6.07 Å². The molecule has 0 N–H and O–H groups in total. The number of nitro groups is 1. The molecular formula is C14H12BrNO3S. The number of halogens is 1. The van der Waals surface area contributed by atoms with E-state index in [0.29, 0.717) is 11.1 Å². The molecule has 0 saturated heterocycles. The topological polar surface area (TPSA) is 52.4 Å². The maximum atomic E-state index is 10.9. The van der Waals surface area contributed by atoms with Crippen molar-refractivity contribution in [3.8, 4) is 5.75 Å². The molecule has 6 heteroatoms. The quantitative estimate of drug-likeness (QED) is 0.445. The zero-order valence-electron chi connectivity index (χ0n) is 10.7. The average molecular weight is 354 g/mol. The summed E-state index contributed by atoms with van der Waals surface area (Å²) in [5, 5.41) is 10.9. The van der Waals surface area contributed by atoms with E-state index in [1.54, 1.807) is 23.9 Å². The molecule has 0 aliphatic heterocycles. The van der Waals surface area contributed by atoms with Crippen LogP contribution in [-0.2, 0) is 6.61 Å². The average Bonchev–Trinajstić information content (AvgIpc) is 2.46. The molecular weight excluding hydrogens is 342 g/mol. The first-order valence-electron chi connectivity index (χ1n) is 5.80. The van der Waals surface area contributed by atoms with Gasteiger partial charge < -0.3 is 4.74 Å². The Morgan fingerprint density at radius 1 is 1.30 bits per heavy atom. The van der Waals surface area contributed by atoms with Crippen molar-refractivity contribution >= 4 is 33.4 Å². The van der Waals surface area contributed by atoms with E-state index in [-0.39, 0.29) is 5.69 Å². The van der Waals surface area contributed by atoms with Gasteiger partial charge in [-0.1, -0.05) is 18.2 Å². The molecule has 0 fully saturated rings. The molecule has 2 rings (SSSR count). The van der Waals surface area contributed by atoms with Crippen molar-refractivity contribution in [2.45, 2.75) is 11.5 Å². The number of rotatable bonds is 5. The molecule has 0 saturated carbocycles. The van der Waals surface area contributed by atoms with Crippen LogP contribution >= 0.6 is 27.7 Å². The first-order chi connectivity index (χ1) is 9.61. The van der Waals surface area contributed by atoms with Gasteiger partial charge in [-0.3, -0.25) is 10.1 Å². The number of hydrogen-bond acceptors (Lipinski definition) is 4. The third kappa shape index (κ3) is 3.52. The van der Waals surface area contributed by atoms with Crippen LogP contribution in [-0.4, -0.2) is 11.2 Å². The molecule has 104 valence electrons. The molecule has 2 aromatic carbocycles. The molecule has 0 spiro atoms. The van der Waals surface area contributed by atoms with Crippen molar-refractivity contribution in [3.63, 3.8) is 0 Å². The Morgan fingerprint density at radius 3 is 2.75 bits per heavy atom. The molecule has 0 aromatic heterocycles. The van der Waals surface area contributed by atoms with Crippen LogP contribution in [0.2, 0.25) is 0 Å². The largest absolute Gasteiger partial charge is 0.488 e. The summed E-state index contributed by atoms with van der Waals surface area (Å²) in [5.41, 5.74) is 0.806. The normalized spacial score (nSPS) is 10.3. The molecule has 0 atom stereocenters. The van der Waals surface area contributed by atoms with Crippen LogP contribution in [0.5, 0.6) is 5.75 Å². The summed E-state index contributed by atoms with van der Waals surface area (Å²) in [7, 11) is 0. The lowest BCUT2D eigenvalue weighted by Crippen LogP contribution is -1.98. The van der Waals surface area contributed by atoms with E-state index in [4.69, 9.17) is 4.74 Å². The van der Waals surface area contributed by atoms with Gasteiger partial charge in [-0.05, 0) is 45.9 Å². The second-order valence-electron chi connectivity index (χ2n) is 3.98. The molecule has 0 heterocycles. The van der Waals surface area contributed by atoms with Gasteiger partial charge in [-0.15, -0.1) is 11.8 Å². The number of para-hydroxylation sites is 1. The number of nitrogens with zero attached hydrogens (tertiary/aromatic N) is 1. The third-order valence-corrected chi connectivity index (χ3v) is 4.12. The molecule has 0 amide bonds. The Balaban J connectivity index is 2.15. The highest BCUT2D eigenvalue weighted by atomic mass is 79.9. The van der Waals surface area contributed by atoms with E-state index >= 15 is 0 Å². The minimum Gasteiger partial charge on any atom is -0.488 e. The van der Waals surface area contributed by atoms with Gasteiger partial charge in [0.05, 0.1) is 9.40 Å². The molecule has 4 nitrogen and oxygen atoms in total. The lowest BCUT2D eigenvalue weighted by Gasteiger charge is -2.10. The van der Waals surface area contributed by atoms with E-state index in [2.05, 4.69) is 15.9 Å². The van der Waals surface area contributed by atoms with Gasteiger partial charge in [0.25, 0.3) is 5.69 Å². The van der Waals surface area contributed by atoms with Gasteiger partial charge in [-0.2, -0.15) is 0 Å². The summed E-state index contributed by atoms with van der Waals surface area (Å²) in [6, 6.07) is 12.7. The van der Waals surface area contributed by atoms with Gasteiger partial charge in [0.15, 0.2) is 0 Å². The number of nitro benzene ring substituents is 1. The predicted octanol–water partition coefficient (Wildman–Crippen LogP) is 4.66. The number of thioether (sulfide) groups is 1. The lowest BCUT2D eigenvalue weighted by molar-refractivity contribution is -0.385. The van der Waals surface area contributed by atoms with Crippen molar-refractivity contribution in [2.75, 3.05) is 6.26 Å². The van der Waals surface area contributed by atoms with Gasteiger partial charge in [0.2, 0.25) is 0 Å². The standard InChI is InChI=1S/C14H12BrNO3S/c1-20-14-5-3-2-4-13(14)19-9-10-6-7-11(15)12(8-10)16(17)18/h2-8H,9H2,1H3. The number of ether oxygens (including phenoxy) is 1. The smallest absolute Gasteiger partial charge is 0.283 e. The van der Waals surface area contributed by atoms with Gasteiger partial charge in [0.1, 0.15) is 12.4 Å². The molecule has 0 radical (unpaired) electrons. The maximum absolute atomic E-state index is 10.9. The van der Waals surface area contributed by atoms with E-state index in [0.717, 1.165) is 16.2 Å². The van der Waals surface area contributed by atoms with Crippen LogP contribution in [0, 0.1) is 10.1 Å². The maximum Gasteiger partial charge on any atom is 0.283 e. The summed E-state index contributed by atoms with van der Waals surface area (Å²) in [6.45, 7) is 0.297. The minimum absolute atomic E-state index is 0.0456. The summed E-state index contributed by atoms with van der Waals surface area (Å²) in [5.74, 6) is 0.783. The van der Waals surface area contributed by atoms with E-state index in [9.17, 15) is 10.1 Å². The van der Waals surface area contributed by atoms with Crippen molar-refractivity contribution in [3.05, 3.63) is 62.6 Å². The van der Waals surface area contributed by atoms with Gasteiger partial charge >= 0.3 is 0 Å². The summed E-state index contributed by atoms with van der Waals surface area (Å²) >= 11 is 4.76. The summed E-state index contributed by atoms with van der Waals surface area (Å²) in [6.07, 6.45) is 1.98. The molecule has 0 bridgehead atoms. The fourth-order valence-electron chi connectivity index (χ4n) is 1.69. The Labute approximate surface area is 129 Å². The van der Waals surface area contributed by atoms with Crippen LogP contribution < -0.4 is 4.74 Å². The first kappa shape index (κ1) is 14.9. The zero-order valence-corrected chi connectivity index (χ0v) is 13.1. The fraction of sp³-hybridized carbons (Fsp3) is 0.143. The molecule has 0 aliphatic rings. The predicted molar refractivity (Wildman–Crippen MR) is 83.4 cm³/mol. The van der Waals surface area contributed by atoms with Gasteiger partial charge in [-0.25, -0.2) is 0 Å². The third-order valence-electron chi connectivity index (χ3n) is 2.67. The monoisotopic (exact) mass is 353 g/mol. The molecule has 2 aromatic rings. The number of benzene rings is 2. The second-order valence-corrected chi connectivity index (χ2v) is 5.68. The molecule has 0 unspecified atom stereocenters. The van der Waals surface area contributed by atoms with E-state index in [1.807, 2.05) is 30.5 Å². The van der Waals surface area contributed by atoms with Crippen molar-refractivity contribution in [1.82, 2.24) is 0 Å². The first-order valence-corrected chi connectivity index (χ1v) is 7.82. The Kier molecular flexibility index (Phi) is 5.03. The highest BCUT2D eigenvalue weighted by Crippen LogP contribution is 2.29. The van der Waals surface area contributed by atoms with Crippen molar-refractivity contribution in [2.24, 2.45) is 0 Å². The zero-order chi connectivity index (χ0) is 14.5. The van der Waals surface area contributed by atoms with Gasteiger partial charge in [0, 0.05) is 11.0 Å². The Morgan fingerprint density at radius 2 is 2.05 bits per heavy atom. The van der Waals surface area contributed by atoms with Crippen molar-refractivity contribution in [1.29, 1.82) is 0 Å². The second kappa shape index (κ2) is 6.76. The molecule has 20 heavy (non-hydrogen) atoms. The minimum atomic E-state index is -0.413.